The van der Waals surface area contributed by atoms with Crippen LogP contribution in [0.2, 0.25) is 0 Å². The Morgan fingerprint density at radius 1 is 1.41 bits per heavy atom. The second-order valence-corrected chi connectivity index (χ2v) is 3.48. The lowest BCUT2D eigenvalue weighted by atomic mass is 9.78. The minimum absolute atomic E-state index is 0.125. The molecule has 1 rings (SSSR count). The molecule has 0 fully saturated rings. The Morgan fingerprint density at radius 2 is 2.12 bits per heavy atom. The summed E-state index contributed by atoms with van der Waals surface area (Å²) >= 11 is 0. The quantitative estimate of drug-likeness (QED) is 0.537. The molecule has 6 heteroatoms. The van der Waals surface area contributed by atoms with Gasteiger partial charge in [0.05, 0.1) is 13.7 Å². The van der Waals surface area contributed by atoms with Gasteiger partial charge in [-0.15, -0.1) is 0 Å². The third kappa shape index (κ3) is 3.21. The second kappa shape index (κ2) is 6.27. The van der Waals surface area contributed by atoms with Crippen molar-refractivity contribution in [3.8, 4) is 11.5 Å². The molecule has 0 atom stereocenters. The van der Waals surface area contributed by atoms with Crippen LogP contribution >= 0.6 is 0 Å². The second-order valence-electron chi connectivity index (χ2n) is 3.48. The Balaban J connectivity index is 3.25. The molecular formula is C11H15BO5. The number of carbonyl (C=O) groups is 1. The number of benzene rings is 1. The Morgan fingerprint density at radius 3 is 2.59 bits per heavy atom. The molecule has 0 aliphatic carbocycles. The van der Waals surface area contributed by atoms with Crippen molar-refractivity contribution >= 4 is 18.9 Å². The molecule has 0 radical (unpaired) electrons. The van der Waals surface area contributed by atoms with E-state index < -0.39 is 7.12 Å². The van der Waals surface area contributed by atoms with Gasteiger partial charge in [-0.25, -0.2) is 0 Å². The van der Waals surface area contributed by atoms with E-state index in [9.17, 15) is 14.8 Å². The van der Waals surface area contributed by atoms with Crippen molar-refractivity contribution in [3.63, 3.8) is 0 Å². The fourth-order valence-electron chi connectivity index (χ4n) is 1.42. The Kier molecular flexibility index (Phi) is 4.99. The molecular weight excluding hydrogens is 223 g/mol. The van der Waals surface area contributed by atoms with Gasteiger partial charge >= 0.3 is 7.12 Å². The average molecular weight is 238 g/mol. The van der Waals surface area contributed by atoms with Crippen molar-refractivity contribution in [3.05, 3.63) is 17.7 Å². The summed E-state index contributed by atoms with van der Waals surface area (Å²) in [5, 5.41) is 18.5. The highest BCUT2D eigenvalue weighted by Gasteiger charge is 2.22. The van der Waals surface area contributed by atoms with E-state index in [4.69, 9.17) is 9.47 Å². The molecule has 1 aromatic rings. The molecule has 0 aliphatic heterocycles. The maximum absolute atomic E-state index is 10.7. The van der Waals surface area contributed by atoms with Crippen LogP contribution in [-0.2, 0) is 0 Å². The van der Waals surface area contributed by atoms with Crippen LogP contribution in [0.15, 0.2) is 12.1 Å². The van der Waals surface area contributed by atoms with E-state index >= 15 is 0 Å². The van der Waals surface area contributed by atoms with E-state index in [2.05, 4.69) is 0 Å². The Hall–Kier alpha value is -1.53. The number of methoxy groups -OCH3 is 1. The van der Waals surface area contributed by atoms with Crippen molar-refractivity contribution in [2.24, 2.45) is 0 Å². The minimum atomic E-state index is -1.71. The summed E-state index contributed by atoms with van der Waals surface area (Å²) in [7, 11) is -0.286. The Labute approximate surface area is 100 Å². The predicted molar refractivity (Wildman–Crippen MR) is 64.0 cm³/mol. The lowest BCUT2D eigenvalue weighted by Gasteiger charge is -2.15. The van der Waals surface area contributed by atoms with E-state index in [1.54, 1.807) is 0 Å². The zero-order chi connectivity index (χ0) is 12.8. The maximum atomic E-state index is 10.7. The van der Waals surface area contributed by atoms with Crippen molar-refractivity contribution in [2.75, 3.05) is 13.7 Å². The monoisotopic (exact) mass is 238 g/mol. The third-order valence-corrected chi connectivity index (χ3v) is 2.19. The number of carbonyl (C=O) groups excluding carboxylic acids is 1. The largest absolute Gasteiger partial charge is 0.493 e. The molecule has 2 N–H and O–H groups in total. The van der Waals surface area contributed by atoms with Gasteiger partial charge in [-0.05, 0) is 18.6 Å². The van der Waals surface area contributed by atoms with E-state index in [0.717, 1.165) is 6.42 Å². The van der Waals surface area contributed by atoms with Gasteiger partial charge in [-0.1, -0.05) is 6.92 Å². The molecule has 92 valence electrons. The van der Waals surface area contributed by atoms with Gasteiger partial charge in [-0.2, -0.15) is 0 Å². The fourth-order valence-corrected chi connectivity index (χ4v) is 1.42. The fraction of sp³-hybridized carbons (Fsp3) is 0.364. The normalized spacial score (nSPS) is 9.88. The van der Waals surface area contributed by atoms with Crippen LogP contribution in [0.3, 0.4) is 0 Å². The molecule has 0 bridgehead atoms. The van der Waals surface area contributed by atoms with Crippen LogP contribution in [0.1, 0.15) is 23.7 Å². The van der Waals surface area contributed by atoms with Gasteiger partial charge in [0.2, 0.25) is 0 Å². The third-order valence-electron chi connectivity index (χ3n) is 2.19. The minimum Gasteiger partial charge on any atom is -0.493 e. The first-order valence-electron chi connectivity index (χ1n) is 5.30. The van der Waals surface area contributed by atoms with Gasteiger partial charge < -0.3 is 19.5 Å². The maximum Gasteiger partial charge on any atom is 0.492 e. The van der Waals surface area contributed by atoms with E-state index in [1.807, 2.05) is 6.92 Å². The predicted octanol–water partition coefficient (Wildman–Crippen LogP) is -0.0237. The summed E-state index contributed by atoms with van der Waals surface area (Å²) in [6.07, 6.45) is 1.39. The molecule has 0 amide bonds. The molecule has 0 aromatic heterocycles. The van der Waals surface area contributed by atoms with E-state index in [1.165, 1.54) is 19.2 Å². The van der Waals surface area contributed by atoms with Crippen molar-refractivity contribution in [1.29, 1.82) is 0 Å². The van der Waals surface area contributed by atoms with Crippen LogP contribution < -0.4 is 14.9 Å². The summed E-state index contributed by atoms with van der Waals surface area (Å²) in [4.78, 5) is 10.7. The standard InChI is InChI=1S/C11H15BO5/c1-3-4-17-11-9(12(14)15)5-8(7-13)6-10(11)16-2/h5-7,14-15H,3-4H2,1-2H3. The van der Waals surface area contributed by atoms with Crippen LogP contribution in [0, 0.1) is 0 Å². The van der Waals surface area contributed by atoms with Gasteiger partial charge in [0.25, 0.3) is 0 Å². The van der Waals surface area contributed by atoms with E-state index in [0.29, 0.717) is 24.2 Å². The van der Waals surface area contributed by atoms with Crippen LogP contribution in [0.25, 0.3) is 0 Å². The topological polar surface area (TPSA) is 76.0 Å². The number of hydrogen-bond donors (Lipinski definition) is 2. The highest BCUT2D eigenvalue weighted by atomic mass is 16.5. The summed E-state index contributed by atoms with van der Waals surface area (Å²) in [5.41, 5.74) is 0.425. The zero-order valence-electron chi connectivity index (χ0n) is 9.84. The first-order chi connectivity index (χ1) is 8.13. The molecule has 17 heavy (non-hydrogen) atoms. The molecule has 0 unspecified atom stereocenters. The van der Waals surface area contributed by atoms with Gasteiger partial charge in [-0.3, -0.25) is 4.79 Å². The van der Waals surface area contributed by atoms with Gasteiger partial charge in [0, 0.05) is 11.0 Å². The Bertz CT molecular complexity index is 392. The smallest absolute Gasteiger partial charge is 0.492 e. The number of ether oxygens (including phenoxy) is 2. The zero-order valence-corrected chi connectivity index (χ0v) is 9.84. The molecule has 0 aliphatic rings. The SMILES string of the molecule is CCCOc1c(OC)cc(C=O)cc1B(O)O. The molecule has 0 heterocycles. The summed E-state index contributed by atoms with van der Waals surface area (Å²) in [6.45, 7) is 2.36. The number of rotatable bonds is 6. The van der Waals surface area contributed by atoms with Gasteiger partial charge in [0.15, 0.2) is 11.5 Å². The molecule has 1 aromatic carbocycles. The number of aldehydes is 1. The van der Waals surface area contributed by atoms with Crippen LogP contribution in [-0.4, -0.2) is 37.2 Å². The molecule has 0 saturated carbocycles. The highest BCUT2D eigenvalue weighted by molar-refractivity contribution is 6.60. The van der Waals surface area contributed by atoms with E-state index in [-0.39, 0.29) is 11.2 Å². The summed E-state index contributed by atoms with van der Waals surface area (Å²) < 4.78 is 10.5. The lowest BCUT2D eigenvalue weighted by molar-refractivity contribution is 0.112. The van der Waals surface area contributed by atoms with Crippen molar-refractivity contribution in [1.82, 2.24) is 0 Å². The summed E-state index contributed by atoms with van der Waals surface area (Å²) in [6, 6.07) is 2.86. The lowest BCUT2D eigenvalue weighted by Crippen LogP contribution is -2.32. The van der Waals surface area contributed by atoms with Crippen LogP contribution in [0.4, 0.5) is 0 Å². The van der Waals surface area contributed by atoms with Crippen molar-refractivity contribution in [2.45, 2.75) is 13.3 Å². The van der Waals surface area contributed by atoms with Crippen molar-refractivity contribution < 1.29 is 24.3 Å². The van der Waals surface area contributed by atoms with Crippen LogP contribution in [0.5, 0.6) is 11.5 Å². The first-order valence-corrected chi connectivity index (χ1v) is 5.30. The highest BCUT2D eigenvalue weighted by Crippen LogP contribution is 2.26. The van der Waals surface area contributed by atoms with Gasteiger partial charge in [0.1, 0.15) is 6.29 Å². The number of hydrogen-bond acceptors (Lipinski definition) is 5. The molecule has 5 nitrogen and oxygen atoms in total. The molecule has 0 spiro atoms. The first kappa shape index (κ1) is 13.5. The average Bonchev–Trinajstić information content (AvgIpc) is 2.35. The summed E-state index contributed by atoms with van der Waals surface area (Å²) in [5.74, 6) is 0.570. The molecule has 0 saturated heterocycles.